The first-order chi connectivity index (χ1) is 9.15. The van der Waals surface area contributed by atoms with Gasteiger partial charge in [-0.2, -0.15) is 0 Å². The number of aromatic hydroxyl groups is 1. The fraction of sp³-hybridized carbons (Fsp3) is 0.533. The van der Waals surface area contributed by atoms with Crippen LogP contribution in [0.25, 0.3) is 0 Å². The number of likely N-dealkylation sites (N-methyl/N-ethyl adjacent to an activating group) is 1. The first-order valence-electron chi connectivity index (χ1n) is 6.75. The lowest BCUT2D eigenvalue weighted by Crippen LogP contribution is -2.31. The van der Waals surface area contributed by atoms with Gasteiger partial charge in [-0.3, -0.25) is 4.79 Å². The summed E-state index contributed by atoms with van der Waals surface area (Å²) in [6.45, 7) is 2.04. The Kier molecular flexibility index (Phi) is 4.80. The molecule has 0 radical (unpaired) electrons. The van der Waals surface area contributed by atoms with Crippen molar-refractivity contribution in [3.63, 3.8) is 0 Å². The number of hydrogen-bond acceptors (Lipinski definition) is 3. The van der Waals surface area contributed by atoms with Gasteiger partial charge in [-0.1, -0.05) is 12.1 Å². The summed E-state index contributed by atoms with van der Waals surface area (Å²) >= 11 is 0. The number of hydrogen-bond donors (Lipinski definition) is 1. The Morgan fingerprint density at radius 2 is 2.26 bits per heavy atom. The monoisotopic (exact) mass is 263 g/mol. The summed E-state index contributed by atoms with van der Waals surface area (Å²) in [6, 6.07) is 6.81. The van der Waals surface area contributed by atoms with E-state index in [0.29, 0.717) is 19.6 Å². The average molecular weight is 263 g/mol. The number of phenolic OH excluding ortho intramolecular Hbond substituents is 1. The molecule has 2 rings (SSSR count). The van der Waals surface area contributed by atoms with E-state index in [4.69, 9.17) is 4.74 Å². The van der Waals surface area contributed by atoms with Crippen molar-refractivity contribution in [2.24, 2.45) is 5.92 Å². The Labute approximate surface area is 114 Å². The Morgan fingerprint density at radius 1 is 1.47 bits per heavy atom. The fourth-order valence-corrected chi connectivity index (χ4v) is 1.84. The zero-order chi connectivity index (χ0) is 13.7. The lowest BCUT2D eigenvalue weighted by molar-refractivity contribution is -0.129. The minimum Gasteiger partial charge on any atom is -0.508 e. The summed E-state index contributed by atoms with van der Waals surface area (Å²) < 4.78 is 5.51. The molecular formula is C15H21NO3. The molecule has 1 saturated carbocycles. The van der Waals surface area contributed by atoms with Crippen LogP contribution in [0.5, 0.6) is 5.75 Å². The van der Waals surface area contributed by atoms with Crippen LogP contribution in [-0.4, -0.2) is 42.7 Å². The van der Waals surface area contributed by atoms with Gasteiger partial charge in [0.05, 0.1) is 13.0 Å². The number of ether oxygens (including phenoxy) is 1. The van der Waals surface area contributed by atoms with Crippen molar-refractivity contribution in [3.05, 3.63) is 29.8 Å². The summed E-state index contributed by atoms with van der Waals surface area (Å²) in [5.74, 6) is 0.995. The van der Waals surface area contributed by atoms with Gasteiger partial charge >= 0.3 is 0 Å². The van der Waals surface area contributed by atoms with Gasteiger partial charge < -0.3 is 14.7 Å². The maximum atomic E-state index is 12.0. The van der Waals surface area contributed by atoms with E-state index < -0.39 is 0 Å². The highest BCUT2D eigenvalue weighted by atomic mass is 16.5. The molecule has 0 aliphatic heterocycles. The number of carbonyl (C=O) groups is 1. The van der Waals surface area contributed by atoms with Crippen LogP contribution in [0.4, 0.5) is 0 Å². The molecule has 0 atom stereocenters. The van der Waals surface area contributed by atoms with E-state index in [0.717, 1.165) is 18.1 Å². The number of phenols is 1. The summed E-state index contributed by atoms with van der Waals surface area (Å²) in [5, 5.41) is 9.35. The first-order valence-corrected chi connectivity index (χ1v) is 6.75. The Balaban J connectivity index is 1.68. The smallest absolute Gasteiger partial charge is 0.226 e. The van der Waals surface area contributed by atoms with Gasteiger partial charge in [-0.25, -0.2) is 0 Å². The minimum absolute atomic E-state index is 0.0422. The van der Waals surface area contributed by atoms with E-state index in [2.05, 4.69) is 0 Å². The van der Waals surface area contributed by atoms with Gasteiger partial charge in [0, 0.05) is 20.2 Å². The van der Waals surface area contributed by atoms with Gasteiger partial charge in [-0.15, -0.1) is 0 Å². The third-order valence-electron chi connectivity index (χ3n) is 3.31. The molecule has 4 nitrogen and oxygen atoms in total. The quantitative estimate of drug-likeness (QED) is 0.763. The van der Waals surface area contributed by atoms with Crippen molar-refractivity contribution >= 4 is 5.91 Å². The molecular weight excluding hydrogens is 242 g/mol. The number of nitrogens with zero attached hydrogens (tertiary/aromatic N) is 1. The molecule has 0 bridgehead atoms. The molecule has 1 amide bonds. The average Bonchev–Trinajstić information content (AvgIpc) is 3.18. The molecule has 0 aromatic heterocycles. The molecule has 1 aromatic carbocycles. The van der Waals surface area contributed by atoms with Crippen LogP contribution in [0.3, 0.4) is 0 Å². The van der Waals surface area contributed by atoms with E-state index in [-0.39, 0.29) is 11.7 Å². The van der Waals surface area contributed by atoms with Crippen molar-refractivity contribution < 1.29 is 14.6 Å². The molecule has 4 heteroatoms. The molecule has 0 heterocycles. The molecule has 0 saturated heterocycles. The number of amides is 1. The summed E-state index contributed by atoms with van der Waals surface area (Å²) in [4.78, 5) is 13.6. The minimum atomic E-state index is 0.0422. The lowest BCUT2D eigenvalue weighted by atomic mass is 10.1. The van der Waals surface area contributed by atoms with Crippen molar-refractivity contribution in [2.75, 3.05) is 26.8 Å². The van der Waals surface area contributed by atoms with Crippen LogP contribution in [0, 0.1) is 5.92 Å². The van der Waals surface area contributed by atoms with Crippen LogP contribution in [0.1, 0.15) is 18.4 Å². The molecule has 1 aliphatic rings. The van der Waals surface area contributed by atoms with Crippen molar-refractivity contribution in [3.8, 4) is 5.75 Å². The number of benzene rings is 1. The standard InChI is InChI=1S/C15H21NO3/c1-16(7-8-19-11-12-5-6-12)15(18)10-13-3-2-4-14(17)9-13/h2-4,9,12,17H,5-8,10-11H2,1H3. The number of rotatable bonds is 7. The van der Waals surface area contributed by atoms with E-state index in [1.807, 2.05) is 6.07 Å². The summed E-state index contributed by atoms with van der Waals surface area (Å²) in [7, 11) is 1.78. The molecule has 1 aliphatic carbocycles. The summed E-state index contributed by atoms with van der Waals surface area (Å²) in [6.07, 6.45) is 2.88. The van der Waals surface area contributed by atoms with Crippen LogP contribution in [-0.2, 0) is 16.0 Å². The molecule has 1 fully saturated rings. The second-order valence-electron chi connectivity index (χ2n) is 5.18. The topological polar surface area (TPSA) is 49.8 Å². The maximum Gasteiger partial charge on any atom is 0.226 e. The van der Waals surface area contributed by atoms with Gasteiger partial charge in [0.2, 0.25) is 5.91 Å². The van der Waals surface area contributed by atoms with Crippen molar-refractivity contribution in [1.82, 2.24) is 4.90 Å². The van der Waals surface area contributed by atoms with Crippen LogP contribution < -0.4 is 0 Å². The highest BCUT2D eigenvalue weighted by Gasteiger charge is 2.21. The van der Waals surface area contributed by atoms with E-state index in [9.17, 15) is 9.90 Å². The fourth-order valence-electron chi connectivity index (χ4n) is 1.84. The maximum absolute atomic E-state index is 12.0. The van der Waals surface area contributed by atoms with Crippen LogP contribution in [0.15, 0.2) is 24.3 Å². The molecule has 0 unspecified atom stereocenters. The van der Waals surface area contributed by atoms with Gasteiger partial charge in [0.1, 0.15) is 5.75 Å². The normalized spacial score (nSPS) is 14.4. The van der Waals surface area contributed by atoms with Gasteiger partial charge in [0.15, 0.2) is 0 Å². The first kappa shape index (κ1) is 13.9. The lowest BCUT2D eigenvalue weighted by Gasteiger charge is -2.17. The highest BCUT2D eigenvalue weighted by Crippen LogP contribution is 2.28. The highest BCUT2D eigenvalue weighted by molar-refractivity contribution is 5.78. The van der Waals surface area contributed by atoms with E-state index in [1.54, 1.807) is 30.1 Å². The van der Waals surface area contributed by atoms with Crippen LogP contribution in [0.2, 0.25) is 0 Å². The van der Waals surface area contributed by atoms with E-state index >= 15 is 0 Å². The molecule has 1 aromatic rings. The molecule has 1 N–H and O–H groups in total. The Hall–Kier alpha value is -1.55. The Bertz CT molecular complexity index is 429. The van der Waals surface area contributed by atoms with Crippen molar-refractivity contribution in [2.45, 2.75) is 19.3 Å². The molecule has 104 valence electrons. The van der Waals surface area contributed by atoms with E-state index in [1.165, 1.54) is 12.8 Å². The zero-order valence-corrected chi connectivity index (χ0v) is 11.3. The predicted molar refractivity (Wildman–Crippen MR) is 73.0 cm³/mol. The van der Waals surface area contributed by atoms with Crippen molar-refractivity contribution in [1.29, 1.82) is 0 Å². The van der Waals surface area contributed by atoms with Crippen LogP contribution >= 0.6 is 0 Å². The SMILES string of the molecule is CN(CCOCC1CC1)C(=O)Cc1cccc(O)c1. The largest absolute Gasteiger partial charge is 0.508 e. The second kappa shape index (κ2) is 6.57. The Morgan fingerprint density at radius 3 is 2.95 bits per heavy atom. The third-order valence-corrected chi connectivity index (χ3v) is 3.31. The van der Waals surface area contributed by atoms with Gasteiger partial charge in [-0.05, 0) is 36.5 Å². The third kappa shape index (κ3) is 4.91. The molecule has 19 heavy (non-hydrogen) atoms. The molecule has 0 spiro atoms. The van der Waals surface area contributed by atoms with Gasteiger partial charge in [0.25, 0.3) is 0 Å². The summed E-state index contributed by atoms with van der Waals surface area (Å²) in [5.41, 5.74) is 0.829. The number of carbonyl (C=O) groups excluding carboxylic acids is 1. The zero-order valence-electron chi connectivity index (χ0n) is 11.3. The predicted octanol–water partition coefficient (Wildman–Crippen LogP) is 1.82. The second-order valence-corrected chi connectivity index (χ2v) is 5.18.